The molecule has 4 heterocycles. The van der Waals surface area contributed by atoms with Crippen LogP contribution in [0.2, 0.25) is 0 Å². The highest BCUT2D eigenvalue weighted by Crippen LogP contribution is 2.37. The van der Waals surface area contributed by atoms with Crippen LogP contribution in [-0.2, 0) is 0 Å². The van der Waals surface area contributed by atoms with Crippen molar-refractivity contribution in [2.24, 2.45) is 0 Å². The van der Waals surface area contributed by atoms with E-state index in [-0.39, 0.29) is 0 Å². The molecule has 0 aliphatic rings. The van der Waals surface area contributed by atoms with E-state index in [1.165, 1.54) is 15.5 Å². The van der Waals surface area contributed by atoms with E-state index in [0.29, 0.717) is 17.5 Å². The van der Waals surface area contributed by atoms with Crippen molar-refractivity contribution in [2.45, 2.75) is 0 Å². The maximum atomic E-state index is 5.08. The van der Waals surface area contributed by atoms with E-state index in [2.05, 4.69) is 143 Å². The number of nitrogens with zero attached hydrogens (tertiary/aromatic N) is 5. The lowest BCUT2D eigenvalue weighted by atomic mass is 10.1. The Morgan fingerprint density at radius 2 is 1.17 bits per heavy atom. The Morgan fingerprint density at radius 3 is 2.00 bits per heavy atom. The van der Waals surface area contributed by atoms with Gasteiger partial charge < -0.3 is 4.57 Å². The number of fused-ring (bicyclic) bond motifs is 4. The molecule has 0 saturated carbocycles. The first-order chi connectivity index (χ1) is 22.8. The monoisotopic (exact) mass is 607 g/mol. The summed E-state index contributed by atoms with van der Waals surface area (Å²) in [6.07, 6.45) is 3.66. The molecule has 216 valence electrons. The Bertz CT molecular complexity index is 2480. The SMILES string of the molecule is c1ccc(-n2c3ccccc3c3cc(-c4nc(-c5ccc(-c6cccnc6)cc5)nc(-c5cc6ccccc6s5)n4)ccc32)cc1. The van der Waals surface area contributed by atoms with Crippen molar-refractivity contribution in [3.63, 3.8) is 0 Å². The van der Waals surface area contributed by atoms with Crippen LogP contribution in [0.1, 0.15) is 0 Å². The molecule has 9 aromatic rings. The van der Waals surface area contributed by atoms with Crippen LogP contribution in [0, 0.1) is 0 Å². The highest BCUT2D eigenvalue weighted by Gasteiger charge is 2.17. The number of hydrogen-bond donors (Lipinski definition) is 0. The summed E-state index contributed by atoms with van der Waals surface area (Å²) in [5.74, 6) is 1.96. The molecule has 6 heteroatoms. The van der Waals surface area contributed by atoms with Crippen LogP contribution in [0.3, 0.4) is 0 Å². The number of para-hydroxylation sites is 2. The third-order valence-corrected chi connectivity index (χ3v) is 9.48. The van der Waals surface area contributed by atoms with Crippen LogP contribution in [0.25, 0.3) is 82.2 Å². The molecule has 4 aromatic heterocycles. The van der Waals surface area contributed by atoms with Gasteiger partial charge in [0.05, 0.1) is 15.9 Å². The van der Waals surface area contributed by atoms with E-state index in [9.17, 15) is 0 Å². The van der Waals surface area contributed by atoms with Gasteiger partial charge in [0.1, 0.15) is 0 Å². The summed E-state index contributed by atoms with van der Waals surface area (Å²) in [4.78, 5) is 20.5. The molecule has 0 radical (unpaired) electrons. The van der Waals surface area contributed by atoms with Gasteiger partial charge >= 0.3 is 0 Å². The van der Waals surface area contributed by atoms with E-state index in [1.54, 1.807) is 17.5 Å². The van der Waals surface area contributed by atoms with E-state index < -0.39 is 0 Å². The van der Waals surface area contributed by atoms with Gasteiger partial charge in [0.25, 0.3) is 0 Å². The molecule has 0 aliphatic carbocycles. The summed E-state index contributed by atoms with van der Waals surface area (Å²) in [7, 11) is 0. The van der Waals surface area contributed by atoms with E-state index >= 15 is 0 Å². The van der Waals surface area contributed by atoms with Crippen LogP contribution >= 0.6 is 11.3 Å². The standard InChI is InChI=1S/C40H25N5S/c1-2-11-31(12-3-1)45-34-14-6-5-13-32(34)33-23-29(20-21-35(33)45)39-42-38(27-18-16-26(17-19-27)30-10-8-22-41-25-30)43-40(44-39)37-24-28-9-4-7-15-36(28)46-37/h1-25H. The van der Waals surface area contributed by atoms with Crippen molar-refractivity contribution in [1.82, 2.24) is 24.5 Å². The average Bonchev–Trinajstić information content (AvgIpc) is 3.72. The lowest BCUT2D eigenvalue weighted by Gasteiger charge is -2.09. The van der Waals surface area contributed by atoms with Gasteiger partial charge in [-0.3, -0.25) is 4.98 Å². The van der Waals surface area contributed by atoms with Crippen LogP contribution in [-0.4, -0.2) is 24.5 Å². The van der Waals surface area contributed by atoms with Gasteiger partial charge in [0.15, 0.2) is 17.5 Å². The van der Waals surface area contributed by atoms with Crippen LogP contribution in [0.5, 0.6) is 0 Å². The highest BCUT2D eigenvalue weighted by atomic mass is 32.1. The van der Waals surface area contributed by atoms with Crippen molar-refractivity contribution in [1.29, 1.82) is 0 Å². The van der Waals surface area contributed by atoms with Crippen molar-refractivity contribution in [3.8, 4) is 50.3 Å². The fourth-order valence-corrected chi connectivity index (χ4v) is 7.15. The highest BCUT2D eigenvalue weighted by molar-refractivity contribution is 7.22. The van der Waals surface area contributed by atoms with E-state index in [1.807, 2.05) is 12.3 Å². The minimum atomic E-state index is 0.641. The van der Waals surface area contributed by atoms with Crippen LogP contribution in [0.15, 0.2) is 152 Å². The van der Waals surface area contributed by atoms with Gasteiger partial charge in [-0.05, 0) is 71.1 Å². The van der Waals surface area contributed by atoms with Crippen molar-refractivity contribution >= 4 is 43.2 Å². The van der Waals surface area contributed by atoms with Gasteiger partial charge in [0, 0.05) is 44.7 Å². The molecule has 0 spiro atoms. The second kappa shape index (κ2) is 10.9. The van der Waals surface area contributed by atoms with Crippen LogP contribution in [0.4, 0.5) is 0 Å². The van der Waals surface area contributed by atoms with Gasteiger partial charge in [0.2, 0.25) is 0 Å². The molecule has 0 aliphatic heterocycles. The van der Waals surface area contributed by atoms with E-state index in [0.717, 1.165) is 49.2 Å². The molecule has 0 amide bonds. The normalized spacial score (nSPS) is 11.5. The Morgan fingerprint density at radius 1 is 0.478 bits per heavy atom. The first-order valence-electron chi connectivity index (χ1n) is 15.1. The lowest BCUT2D eigenvalue weighted by Crippen LogP contribution is -1.99. The number of thiophene rings is 1. The summed E-state index contributed by atoms with van der Waals surface area (Å²) in [5, 5.41) is 3.53. The van der Waals surface area contributed by atoms with Gasteiger partial charge in [-0.1, -0.05) is 84.9 Å². The maximum absolute atomic E-state index is 5.08. The van der Waals surface area contributed by atoms with Crippen molar-refractivity contribution in [3.05, 3.63) is 152 Å². The fourth-order valence-electron chi connectivity index (χ4n) is 6.15. The molecule has 0 unspecified atom stereocenters. The summed E-state index contributed by atoms with van der Waals surface area (Å²) in [6, 6.07) is 48.5. The quantitative estimate of drug-likeness (QED) is 0.195. The van der Waals surface area contributed by atoms with Crippen molar-refractivity contribution < 1.29 is 0 Å². The summed E-state index contributed by atoms with van der Waals surface area (Å²) in [5.41, 5.74) is 7.47. The Hall–Kier alpha value is -5.98. The molecule has 0 bridgehead atoms. The number of rotatable bonds is 5. The van der Waals surface area contributed by atoms with E-state index in [4.69, 9.17) is 15.0 Å². The zero-order chi connectivity index (χ0) is 30.5. The molecule has 0 saturated heterocycles. The zero-order valence-electron chi connectivity index (χ0n) is 24.6. The summed E-state index contributed by atoms with van der Waals surface area (Å²) in [6.45, 7) is 0. The number of benzene rings is 5. The Labute approximate surface area is 269 Å². The predicted octanol–water partition coefficient (Wildman–Crippen LogP) is 10.2. The lowest BCUT2D eigenvalue weighted by molar-refractivity contribution is 1.08. The maximum Gasteiger partial charge on any atom is 0.174 e. The third kappa shape index (κ3) is 4.55. The Kier molecular flexibility index (Phi) is 6.25. The average molecular weight is 608 g/mol. The largest absolute Gasteiger partial charge is 0.309 e. The zero-order valence-corrected chi connectivity index (χ0v) is 25.4. The topological polar surface area (TPSA) is 56.5 Å². The summed E-state index contributed by atoms with van der Waals surface area (Å²) < 4.78 is 3.52. The second-order valence-corrected chi connectivity index (χ2v) is 12.3. The first-order valence-corrected chi connectivity index (χ1v) is 15.9. The Balaban J connectivity index is 1.22. The molecule has 5 nitrogen and oxygen atoms in total. The molecule has 5 aromatic carbocycles. The number of hydrogen-bond acceptors (Lipinski definition) is 5. The van der Waals surface area contributed by atoms with Gasteiger partial charge in [-0.15, -0.1) is 11.3 Å². The van der Waals surface area contributed by atoms with Crippen molar-refractivity contribution in [2.75, 3.05) is 0 Å². The van der Waals surface area contributed by atoms with Gasteiger partial charge in [-0.25, -0.2) is 15.0 Å². The number of pyridine rings is 1. The van der Waals surface area contributed by atoms with Crippen LogP contribution < -0.4 is 0 Å². The molecule has 9 rings (SSSR count). The first kappa shape index (κ1) is 26.4. The van der Waals surface area contributed by atoms with Gasteiger partial charge in [-0.2, -0.15) is 0 Å². The molecule has 0 fully saturated rings. The minimum Gasteiger partial charge on any atom is -0.309 e. The smallest absolute Gasteiger partial charge is 0.174 e. The number of aromatic nitrogens is 5. The molecule has 0 N–H and O–H groups in total. The minimum absolute atomic E-state index is 0.641. The molecular formula is C40H25N5S. The molecule has 46 heavy (non-hydrogen) atoms. The third-order valence-electron chi connectivity index (χ3n) is 8.36. The predicted molar refractivity (Wildman–Crippen MR) is 189 cm³/mol. The second-order valence-electron chi connectivity index (χ2n) is 11.2. The molecule has 0 atom stereocenters. The summed E-state index contributed by atoms with van der Waals surface area (Å²) >= 11 is 1.70. The molecular weight excluding hydrogens is 583 g/mol. The fraction of sp³-hybridized carbons (Fsp3) is 0.